The highest BCUT2D eigenvalue weighted by Gasteiger charge is 2.09. The van der Waals surface area contributed by atoms with E-state index in [2.05, 4.69) is 15.5 Å². The van der Waals surface area contributed by atoms with E-state index in [-0.39, 0.29) is 0 Å². The van der Waals surface area contributed by atoms with Crippen molar-refractivity contribution in [2.24, 2.45) is 5.10 Å². The fourth-order valence-electron chi connectivity index (χ4n) is 2.24. The van der Waals surface area contributed by atoms with Crippen LogP contribution in [0.25, 0.3) is 0 Å². The number of hydrogen-bond donors (Lipinski definition) is 1. The van der Waals surface area contributed by atoms with Gasteiger partial charge in [-0.05, 0) is 24.6 Å². The molecule has 0 aliphatic rings. The van der Waals surface area contributed by atoms with Crippen molar-refractivity contribution in [1.29, 1.82) is 0 Å². The highest BCUT2D eigenvalue weighted by Crippen LogP contribution is 2.31. The van der Waals surface area contributed by atoms with Crippen molar-refractivity contribution in [3.8, 4) is 11.5 Å². The van der Waals surface area contributed by atoms with Crippen LogP contribution in [0.2, 0.25) is 0 Å². The average molecular weight is 353 g/mol. The fraction of sp³-hybridized carbons (Fsp3) is 0.158. The third-order valence-electron chi connectivity index (χ3n) is 3.44. The Balaban J connectivity index is 1.76. The van der Waals surface area contributed by atoms with E-state index in [9.17, 15) is 0 Å². The van der Waals surface area contributed by atoms with Gasteiger partial charge in [0.2, 0.25) is 5.13 Å². The summed E-state index contributed by atoms with van der Waals surface area (Å²) in [6.45, 7) is 2.41. The maximum absolute atomic E-state index is 6.00. The second-order valence-electron chi connectivity index (χ2n) is 5.32. The van der Waals surface area contributed by atoms with Gasteiger partial charge >= 0.3 is 0 Å². The molecule has 3 aromatic rings. The molecule has 0 bridgehead atoms. The summed E-state index contributed by atoms with van der Waals surface area (Å²) in [5.41, 5.74) is 5.82. The summed E-state index contributed by atoms with van der Waals surface area (Å²) in [7, 11) is 1.63. The standard InChI is InChI=1S/C19H19N3O2S/c1-14-13-25-19(21-14)22-20-11-16-9-6-10-17(23-2)18(16)24-12-15-7-4-3-5-8-15/h3-11,13H,12H2,1-2H3,(H,21,22). The van der Waals surface area contributed by atoms with E-state index < -0.39 is 0 Å². The molecule has 0 aliphatic carbocycles. The van der Waals surface area contributed by atoms with Crippen LogP contribution in [0.1, 0.15) is 16.8 Å². The molecule has 2 aromatic carbocycles. The molecule has 0 unspecified atom stereocenters. The monoisotopic (exact) mass is 353 g/mol. The number of rotatable bonds is 7. The van der Waals surface area contributed by atoms with Gasteiger partial charge in [0.15, 0.2) is 11.5 Å². The van der Waals surface area contributed by atoms with Gasteiger partial charge in [0, 0.05) is 10.9 Å². The highest BCUT2D eigenvalue weighted by molar-refractivity contribution is 7.13. The van der Waals surface area contributed by atoms with E-state index in [0.717, 1.165) is 22.0 Å². The minimum atomic E-state index is 0.459. The Morgan fingerprint density at radius 3 is 2.72 bits per heavy atom. The summed E-state index contributed by atoms with van der Waals surface area (Å²) >= 11 is 1.51. The Bertz CT molecular complexity index is 847. The second-order valence-corrected chi connectivity index (χ2v) is 6.18. The Labute approximate surface area is 151 Å². The van der Waals surface area contributed by atoms with Gasteiger partial charge in [-0.3, -0.25) is 5.43 Å². The fourth-order valence-corrected chi connectivity index (χ4v) is 2.88. The van der Waals surface area contributed by atoms with E-state index in [1.165, 1.54) is 11.3 Å². The quantitative estimate of drug-likeness (QED) is 0.502. The molecule has 128 valence electrons. The molecule has 0 saturated carbocycles. The number of hydrogen-bond acceptors (Lipinski definition) is 6. The number of aryl methyl sites for hydroxylation is 1. The predicted molar refractivity (Wildman–Crippen MR) is 102 cm³/mol. The van der Waals surface area contributed by atoms with E-state index in [4.69, 9.17) is 9.47 Å². The molecule has 1 N–H and O–H groups in total. The maximum Gasteiger partial charge on any atom is 0.203 e. The topological polar surface area (TPSA) is 55.7 Å². The molecule has 1 aromatic heterocycles. The SMILES string of the molecule is COc1cccc(C=NNc2nc(C)cs2)c1OCc1ccccc1. The van der Waals surface area contributed by atoms with Crippen LogP contribution in [0.5, 0.6) is 11.5 Å². The molecule has 1 heterocycles. The molecular weight excluding hydrogens is 334 g/mol. The van der Waals surface area contributed by atoms with E-state index in [1.54, 1.807) is 13.3 Å². The van der Waals surface area contributed by atoms with Crippen molar-refractivity contribution in [3.05, 3.63) is 70.7 Å². The molecule has 0 spiro atoms. The predicted octanol–water partition coefficient (Wildman–Crippen LogP) is 4.49. The molecule has 25 heavy (non-hydrogen) atoms. The first-order valence-corrected chi connectivity index (χ1v) is 8.69. The highest BCUT2D eigenvalue weighted by atomic mass is 32.1. The van der Waals surface area contributed by atoms with Crippen molar-refractivity contribution in [1.82, 2.24) is 4.98 Å². The number of nitrogens with zero attached hydrogens (tertiary/aromatic N) is 2. The zero-order valence-electron chi connectivity index (χ0n) is 14.1. The first-order chi connectivity index (χ1) is 12.3. The van der Waals surface area contributed by atoms with E-state index in [0.29, 0.717) is 18.1 Å². The van der Waals surface area contributed by atoms with Crippen molar-refractivity contribution < 1.29 is 9.47 Å². The lowest BCUT2D eigenvalue weighted by Gasteiger charge is -2.13. The van der Waals surface area contributed by atoms with Gasteiger partial charge in [-0.2, -0.15) is 5.10 Å². The van der Waals surface area contributed by atoms with Gasteiger partial charge in [0.1, 0.15) is 6.61 Å². The van der Waals surface area contributed by atoms with Gasteiger partial charge in [-0.15, -0.1) is 11.3 Å². The van der Waals surface area contributed by atoms with Gasteiger partial charge in [0.25, 0.3) is 0 Å². The molecule has 0 fully saturated rings. The number of nitrogens with one attached hydrogen (secondary N) is 1. The molecule has 0 radical (unpaired) electrons. The Morgan fingerprint density at radius 2 is 2.00 bits per heavy atom. The molecule has 0 saturated heterocycles. The van der Waals surface area contributed by atoms with Crippen LogP contribution < -0.4 is 14.9 Å². The molecular formula is C19H19N3O2S. The number of thiazole rings is 1. The first kappa shape index (κ1) is 17.0. The lowest BCUT2D eigenvalue weighted by atomic mass is 10.2. The minimum Gasteiger partial charge on any atom is -0.493 e. The Kier molecular flexibility index (Phi) is 5.64. The van der Waals surface area contributed by atoms with Crippen molar-refractivity contribution >= 4 is 22.7 Å². The van der Waals surface area contributed by atoms with Gasteiger partial charge in [-0.25, -0.2) is 4.98 Å². The van der Waals surface area contributed by atoms with E-state index in [1.807, 2.05) is 60.8 Å². The number of anilines is 1. The number of aromatic nitrogens is 1. The van der Waals surface area contributed by atoms with Crippen LogP contribution in [0.15, 0.2) is 59.0 Å². The minimum absolute atomic E-state index is 0.459. The summed E-state index contributed by atoms with van der Waals surface area (Å²) in [6.07, 6.45) is 1.71. The third-order valence-corrected chi connectivity index (χ3v) is 4.30. The summed E-state index contributed by atoms with van der Waals surface area (Å²) in [6, 6.07) is 15.7. The van der Waals surface area contributed by atoms with Crippen LogP contribution >= 0.6 is 11.3 Å². The number of benzene rings is 2. The van der Waals surface area contributed by atoms with Crippen molar-refractivity contribution in [2.45, 2.75) is 13.5 Å². The first-order valence-electron chi connectivity index (χ1n) is 7.81. The van der Waals surface area contributed by atoms with Gasteiger partial charge in [0.05, 0.1) is 19.0 Å². The molecule has 6 heteroatoms. The Hall–Kier alpha value is -2.86. The molecule has 0 aliphatic heterocycles. The lowest BCUT2D eigenvalue weighted by Crippen LogP contribution is -2.01. The van der Waals surface area contributed by atoms with Crippen molar-refractivity contribution in [2.75, 3.05) is 12.5 Å². The molecule has 5 nitrogen and oxygen atoms in total. The largest absolute Gasteiger partial charge is 0.493 e. The van der Waals surface area contributed by atoms with Crippen molar-refractivity contribution in [3.63, 3.8) is 0 Å². The van der Waals surface area contributed by atoms with Gasteiger partial charge < -0.3 is 9.47 Å². The second kappa shape index (κ2) is 8.30. The Morgan fingerprint density at radius 1 is 1.16 bits per heavy atom. The summed E-state index contributed by atoms with van der Waals surface area (Å²) in [4.78, 5) is 4.31. The molecule has 3 rings (SSSR count). The summed E-state index contributed by atoms with van der Waals surface area (Å²) in [5.74, 6) is 1.33. The van der Waals surface area contributed by atoms with Crippen LogP contribution in [-0.4, -0.2) is 18.3 Å². The van der Waals surface area contributed by atoms with Crippen LogP contribution in [0, 0.1) is 6.92 Å². The molecule has 0 amide bonds. The zero-order chi connectivity index (χ0) is 17.5. The van der Waals surface area contributed by atoms with Crippen LogP contribution in [0.3, 0.4) is 0 Å². The van der Waals surface area contributed by atoms with Gasteiger partial charge in [-0.1, -0.05) is 36.4 Å². The third kappa shape index (κ3) is 4.58. The average Bonchev–Trinajstić information content (AvgIpc) is 3.06. The van der Waals surface area contributed by atoms with E-state index >= 15 is 0 Å². The zero-order valence-corrected chi connectivity index (χ0v) is 14.9. The molecule has 0 atom stereocenters. The summed E-state index contributed by atoms with van der Waals surface area (Å²) in [5, 5.41) is 6.98. The maximum atomic E-state index is 6.00. The van der Waals surface area contributed by atoms with Crippen LogP contribution in [0.4, 0.5) is 5.13 Å². The number of para-hydroxylation sites is 1. The number of methoxy groups -OCH3 is 1. The number of ether oxygens (including phenoxy) is 2. The number of hydrazone groups is 1. The van der Waals surface area contributed by atoms with Crippen LogP contribution in [-0.2, 0) is 6.61 Å². The normalized spacial score (nSPS) is 10.8. The smallest absolute Gasteiger partial charge is 0.203 e. The lowest BCUT2D eigenvalue weighted by molar-refractivity contribution is 0.284. The summed E-state index contributed by atoms with van der Waals surface area (Å²) < 4.78 is 11.4.